The van der Waals surface area contributed by atoms with Crippen LogP contribution in [0.3, 0.4) is 0 Å². The normalized spacial score (nSPS) is 11.2. The van der Waals surface area contributed by atoms with Gasteiger partial charge in [-0.2, -0.15) is 13.2 Å². The first-order chi connectivity index (χ1) is 12.4. The third-order valence-electron chi connectivity index (χ3n) is 3.67. The zero-order valence-corrected chi connectivity index (χ0v) is 13.5. The summed E-state index contributed by atoms with van der Waals surface area (Å²) in [6.07, 6.45) is -4.51. The molecule has 0 bridgehead atoms. The second-order valence-electron chi connectivity index (χ2n) is 5.55. The minimum atomic E-state index is -4.51. The van der Waals surface area contributed by atoms with E-state index in [-0.39, 0.29) is 11.3 Å². The van der Waals surface area contributed by atoms with Crippen LogP contribution in [-0.2, 0) is 12.7 Å². The molecule has 0 fully saturated rings. The Hall–Kier alpha value is -3.22. The largest absolute Gasteiger partial charge is 0.416 e. The molecule has 0 radical (unpaired) electrons. The standard InChI is InChI=1S/C19H14F3N3O/c20-19(21,22)15-8-4-7-14(11-15)18(26)16-9-10-17(25-24-16)23-12-13-5-2-1-3-6-13/h1-11H,12H2,(H,23,25). The highest BCUT2D eigenvalue weighted by Gasteiger charge is 2.31. The highest BCUT2D eigenvalue weighted by molar-refractivity contribution is 6.07. The quantitative estimate of drug-likeness (QED) is 0.690. The Morgan fingerprint density at radius 3 is 2.35 bits per heavy atom. The number of hydrogen-bond acceptors (Lipinski definition) is 4. The van der Waals surface area contributed by atoms with Crippen LogP contribution in [0, 0.1) is 0 Å². The Labute approximate surface area is 147 Å². The number of carbonyl (C=O) groups is 1. The molecule has 0 aliphatic heterocycles. The smallest absolute Gasteiger partial charge is 0.365 e. The van der Waals surface area contributed by atoms with Crippen LogP contribution in [0.25, 0.3) is 0 Å². The summed E-state index contributed by atoms with van der Waals surface area (Å²) in [5.74, 6) is -0.146. The van der Waals surface area contributed by atoms with Crippen molar-refractivity contribution in [1.82, 2.24) is 10.2 Å². The van der Waals surface area contributed by atoms with E-state index in [1.54, 1.807) is 6.07 Å². The fourth-order valence-electron chi connectivity index (χ4n) is 2.32. The SMILES string of the molecule is O=C(c1cccc(C(F)(F)F)c1)c1ccc(NCc2ccccc2)nn1. The van der Waals surface area contributed by atoms with Crippen molar-refractivity contribution in [1.29, 1.82) is 0 Å². The molecule has 2 aromatic carbocycles. The minimum Gasteiger partial charge on any atom is -0.365 e. The lowest BCUT2D eigenvalue weighted by atomic mass is 10.0. The number of rotatable bonds is 5. The molecule has 0 amide bonds. The molecule has 0 spiro atoms. The first kappa shape index (κ1) is 17.6. The fourth-order valence-corrected chi connectivity index (χ4v) is 2.32. The average Bonchev–Trinajstić information content (AvgIpc) is 2.66. The molecular formula is C19H14F3N3O. The van der Waals surface area contributed by atoms with E-state index in [1.165, 1.54) is 18.2 Å². The number of nitrogens with one attached hydrogen (secondary N) is 1. The Kier molecular flexibility index (Phi) is 4.97. The number of alkyl halides is 3. The molecular weight excluding hydrogens is 343 g/mol. The average molecular weight is 357 g/mol. The molecule has 0 aliphatic rings. The van der Waals surface area contributed by atoms with Gasteiger partial charge in [0, 0.05) is 12.1 Å². The van der Waals surface area contributed by atoms with Crippen molar-refractivity contribution < 1.29 is 18.0 Å². The van der Waals surface area contributed by atoms with Crippen LogP contribution >= 0.6 is 0 Å². The lowest BCUT2D eigenvalue weighted by molar-refractivity contribution is -0.137. The lowest BCUT2D eigenvalue weighted by Crippen LogP contribution is -2.10. The van der Waals surface area contributed by atoms with Crippen molar-refractivity contribution in [2.24, 2.45) is 0 Å². The summed E-state index contributed by atoms with van der Waals surface area (Å²) in [5.41, 5.74) is 0.0737. The van der Waals surface area contributed by atoms with E-state index < -0.39 is 17.5 Å². The maximum absolute atomic E-state index is 12.8. The minimum absolute atomic E-state index is 0.0189. The number of nitrogens with zero attached hydrogens (tertiary/aromatic N) is 2. The van der Waals surface area contributed by atoms with Crippen molar-refractivity contribution in [2.75, 3.05) is 5.32 Å². The Morgan fingerprint density at radius 2 is 1.69 bits per heavy atom. The third-order valence-corrected chi connectivity index (χ3v) is 3.67. The Balaban J connectivity index is 1.71. The third kappa shape index (κ3) is 4.24. The molecule has 26 heavy (non-hydrogen) atoms. The lowest BCUT2D eigenvalue weighted by Gasteiger charge is -2.08. The zero-order chi connectivity index (χ0) is 18.6. The highest BCUT2D eigenvalue weighted by Crippen LogP contribution is 2.29. The van der Waals surface area contributed by atoms with Gasteiger partial charge in [0.1, 0.15) is 11.5 Å². The van der Waals surface area contributed by atoms with Crippen LogP contribution in [0.15, 0.2) is 66.7 Å². The molecule has 3 aromatic rings. The molecule has 3 rings (SSSR count). The summed E-state index contributed by atoms with van der Waals surface area (Å²) < 4.78 is 38.3. The van der Waals surface area contributed by atoms with Crippen molar-refractivity contribution in [3.8, 4) is 0 Å². The summed E-state index contributed by atoms with van der Waals surface area (Å²) in [6.45, 7) is 0.538. The van der Waals surface area contributed by atoms with E-state index in [9.17, 15) is 18.0 Å². The number of benzene rings is 2. The fraction of sp³-hybridized carbons (Fsp3) is 0.105. The van der Waals surface area contributed by atoms with Gasteiger partial charge in [-0.05, 0) is 29.8 Å². The summed E-state index contributed by atoms with van der Waals surface area (Å²) >= 11 is 0. The van der Waals surface area contributed by atoms with Gasteiger partial charge in [-0.1, -0.05) is 42.5 Å². The first-order valence-corrected chi connectivity index (χ1v) is 7.77. The number of ketones is 1. The van der Waals surface area contributed by atoms with Gasteiger partial charge in [0.05, 0.1) is 5.56 Å². The monoisotopic (exact) mass is 357 g/mol. The molecule has 132 valence electrons. The van der Waals surface area contributed by atoms with Crippen LogP contribution < -0.4 is 5.32 Å². The van der Waals surface area contributed by atoms with Gasteiger partial charge in [-0.15, -0.1) is 10.2 Å². The van der Waals surface area contributed by atoms with Crippen molar-refractivity contribution in [3.05, 3.63) is 89.1 Å². The van der Waals surface area contributed by atoms with Gasteiger partial charge < -0.3 is 5.32 Å². The van der Waals surface area contributed by atoms with Gasteiger partial charge in [0.15, 0.2) is 0 Å². The van der Waals surface area contributed by atoms with E-state index in [1.807, 2.05) is 30.3 Å². The number of hydrogen-bond donors (Lipinski definition) is 1. The molecule has 0 saturated heterocycles. The van der Waals surface area contributed by atoms with Gasteiger partial charge >= 0.3 is 6.18 Å². The molecule has 1 heterocycles. The van der Waals surface area contributed by atoms with Crippen LogP contribution in [0.1, 0.15) is 27.2 Å². The molecule has 4 nitrogen and oxygen atoms in total. The second kappa shape index (κ2) is 7.35. The summed E-state index contributed by atoms with van der Waals surface area (Å²) in [4.78, 5) is 12.3. The summed E-state index contributed by atoms with van der Waals surface area (Å²) in [7, 11) is 0. The van der Waals surface area contributed by atoms with E-state index in [2.05, 4.69) is 15.5 Å². The maximum Gasteiger partial charge on any atom is 0.416 e. The van der Waals surface area contributed by atoms with Crippen LogP contribution in [0.5, 0.6) is 0 Å². The number of halogens is 3. The predicted molar refractivity (Wildman–Crippen MR) is 90.7 cm³/mol. The molecule has 0 unspecified atom stereocenters. The van der Waals surface area contributed by atoms with Crippen LogP contribution in [0.2, 0.25) is 0 Å². The molecule has 1 N–H and O–H groups in total. The van der Waals surface area contributed by atoms with Gasteiger partial charge in [0.2, 0.25) is 5.78 Å². The number of carbonyl (C=O) groups excluding carboxylic acids is 1. The highest BCUT2D eigenvalue weighted by atomic mass is 19.4. The second-order valence-corrected chi connectivity index (χ2v) is 5.55. The zero-order valence-electron chi connectivity index (χ0n) is 13.5. The van der Waals surface area contributed by atoms with E-state index in [0.29, 0.717) is 12.4 Å². The van der Waals surface area contributed by atoms with E-state index >= 15 is 0 Å². The van der Waals surface area contributed by atoms with Crippen molar-refractivity contribution >= 4 is 11.6 Å². The molecule has 7 heteroatoms. The topological polar surface area (TPSA) is 54.9 Å². The molecule has 1 aromatic heterocycles. The summed E-state index contributed by atoms with van der Waals surface area (Å²) in [5, 5.41) is 10.8. The van der Waals surface area contributed by atoms with E-state index in [0.717, 1.165) is 17.7 Å². The summed E-state index contributed by atoms with van der Waals surface area (Å²) in [6, 6.07) is 16.9. The van der Waals surface area contributed by atoms with E-state index in [4.69, 9.17) is 0 Å². The molecule has 0 atom stereocenters. The van der Waals surface area contributed by atoms with Crippen LogP contribution in [-0.4, -0.2) is 16.0 Å². The first-order valence-electron chi connectivity index (χ1n) is 7.77. The van der Waals surface area contributed by atoms with Gasteiger partial charge in [-0.3, -0.25) is 4.79 Å². The molecule has 0 aliphatic carbocycles. The predicted octanol–water partition coefficient (Wildman–Crippen LogP) is 4.34. The van der Waals surface area contributed by atoms with Gasteiger partial charge in [0.25, 0.3) is 0 Å². The Bertz CT molecular complexity index is 894. The van der Waals surface area contributed by atoms with Gasteiger partial charge in [-0.25, -0.2) is 0 Å². The van der Waals surface area contributed by atoms with Crippen LogP contribution in [0.4, 0.5) is 19.0 Å². The number of aromatic nitrogens is 2. The maximum atomic E-state index is 12.8. The number of anilines is 1. The Morgan fingerprint density at radius 1 is 0.923 bits per heavy atom. The van der Waals surface area contributed by atoms with Crippen molar-refractivity contribution in [3.63, 3.8) is 0 Å². The van der Waals surface area contributed by atoms with Crippen molar-refractivity contribution in [2.45, 2.75) is 12.7 Å². The molecule has 0 saturated carbocycles.